The van der Waals surface area contributed by atoms with Gasteiger partial charge in [-0.2, -0.15) is 4.37 Å². The SMILES string of the molecule is CC(C)C1CN(c2ncc(-c3ccc(-c4ncns4)cc3O)nn2)C[C@H](C)N1. The van der Waals surface area contributed by atoms with Gasteiger partial charge < -0.3 is 15.3 Å². The number of anilines is 1. The number of nitrogens with one attached hydrogen (secondary N) is 1. The Kier molecular flexibility index (Phi) is 5.19. The van der Waals surface area contributed by atoms with Gasteiger partial charge in [0.15, 0.2) is 0 Å². The molecule has 0 amide bonds. The highest BCUT2D eigenvalue weighted by atomic mass is 32.1. The lowest BCUT2D eigenvalue weighted by Crippen LogP contribution is -2.57. The Morgan fingerprint density at radius 3 is 2.71 bits per heavy atom. The quantitative estimate of drug-likeness (QED) is 0.693. The Morgan fingerprint density at radius 1 is 1.21 bits per heavy atom. The van der Waals surface area contributed by atoms with Gasteiger partial charge in [-0.3, -0.25) is 0 Å². The standard InChI is InChI=1S/C19H23N7OS/c1-11(2)16-9-26(8-12(3)23-16)19-20-7-15(24-25-19)14-5-4-13(6-17(14)27)18-21-10-22-28-18/h4-7,10-12,16,23,27H,8-9H2,1-3H3/t12-,16?/m0/s1. The van der Waals surface area contributed by atoms with Gasteiger partial charge in [-0.05, 0) is 36.5 Å². The van der Waals surface area contributed by atoms with Crippen LogP contribution in [-0.2, 0) is 0 Å². The fourth-order valence-electron chi connectivity index (χ4n) is 3.40. The zero-order valence-electron chi connectivity index (χ0n) is 16.1. The van der Waals surface area contributed by atoms with Gasteiger partial charge in [-0.1, -0.05) is 19.9 Å². The largest absolute Gasteiger partial charge is 0.507 e. The molecule has 0 radical (unpaired) electrons. The highest BCUT2D eigenvalue weighted by Crippen LogP contribution is 2.32. The van der Waals surface area contributed by atoms with Crippen LogP contribution in [-0.4, -0.2) is 54.8 Å². The summed E-state index contributed by atoms with van der Waals surface area (Å²) in [5.74, 6) is 1.26. The third kappa shape index (κ3) is 3.81. The van der Waals surface area contributed by atoms with Crippen LogP contribution >= 0.6 is 11.5 Å². The van der Waals surface area contributed by atoms with E-state index in [0.29, 0.717) is 35.2 Å². The minimum Gasteiger partial charge on any atom is -0.507 e. The first-order valence-corrected chi connectivity index (χ1v) is 10.1. The average Bonchev–Trinajstić information content (AvgIpc) is 3.22. The van der Waals surface area contributed by atoms with Crippen molar-refractivity contribution in [2.24, 2.45) is 5.92 Å². The molecule has 1 aromatic carbocycles. The number of aromatic nitrogens is 5. The van der Waals surface area contributed by atoms with E-state index in [9.17, 15) is 5.11 Å². The summed E-state index contributed by atoms with van der Waals surface area (Å²) in [5, 5.41) is 23.4. The molecule has 0 saturated carbocycles. The molecule has 9 heteroatoms. The predicted octanol–water partition coefficient (Wildman–Crippen LogP) is 2.59. The van der Waals surface area contributed by atoms with Gasteiger partial charge >= 0.3 is 0 Å². The van der Waals surface area contributed by atoms with E-state index in [1.165, 1.54) is 17.9 Å². The number of aromatic hydroxyl groups is 1. The third-order valence-electron chi connectivity index (χ3n) is 4.93. The van der Waals surface area contributed by atoms with Gasteiger partial charge in [0.25, 0.3) is 0 Å². The molecule has 2 N–H and O–H groups in total. The maximum atomic E-state index is 10.4. The maximum absolute atomic E-state index is 10.4. The number of hydrogen-bond acceptors (Lipinski definition) is 9. The number of hydrogen-bond donors (Lipinski definition) is 2. The smallest absolute Gasteiger partial charge is 0.245 e. The number of rotatable bonds is 4. The van der Waals surface area contributed by atoms with Crippen molar-refractivity contribution in [3.8, 4) is 27.6 Å². The van der Waals surface area contributed by atoms with E-state index in [1.54, 1.807) is 18.3 Å². The fourth-order valence-corrected chi connectivity index (χ4v) is 3.92. The first-order valence-electron chi connectivity index (χ1n) is 9.32. The first kappa shape index (κ1) is 18.7. The lowest BCUT2D eigenvalue weighted by molar-refractivity contribution is 0.319. The Bertz CT molecular complexity index is 930. The van der Waals surface area contributed by atoms with Crippen LogP contribution in [0.5, 0.6) is 5.75 Å². The second-order valence-corrected chi connectivity index (χ2v) is 8.23. The summed E-state index contributed by atoms with van der Waals surface area (Å²) >= 11 is 1.28. The fraction of sp³-hybridized carbons (Fsp3) is 0.421. The highest BCUT2D eigenvalue weighted by Gasteiger charge is 2.27. The molecule has 146 valence electrons. The van der Waals surface area contributed by atoms with Crippen LogP contribution in [0.3, 0.4) is 0 Å². The summed E-state index contributed by atoms with van der Waals surface area (Å²) in [7, 11) is 0. The van der Waals surface area contributed by atoms with Gasteiger partial charge in [-0.25, -0.2) is 9.97 Å². The molecule has 1 unspecified atom stereocenters. The molecule has 0 bridgehead atoms. The number of nitrogens with zero attached hydrogens (tertiary/aromatic N) is 6. The second-order valence-electron chi connectivity index (χ2n) is 7.44. The van der Waals surface area contributed by atoms with E-state index in [-0.39, 0.29) is 5.75 Å². The zero-order valence-corrected chi connectivity index (χ0v) is 16.9. The Hall–Kier alpha value is -2.65. The summed E-state index contributed by atoms with van der Waals surface area (Å²) in [6.07, 6.45) is 3.17. The molecule has 1 fully saturated rings. The first-order chi connectivity index (χ1) is 13.5. The van der Waals surface area contributed by atoms with Crippen molar-refractivity contribution in [2.45, 2.75) is 32.9 Å². The van der Waals surface area contributed by atoms with Crippen molar-refractivity contribution >= 4 is 17.5 Å². The van der Waals surface area contributed by atoms with Crippen LogP contribution in [0.25, 0.3) is 21.8 Å². The predicted molar refractivity (Wildman–Crippen MR) is 109 cm³/mol. The number of benzene rings is 1. The van der Waals surface area contributed by atoms with Crippen LogP contribution in [0.15, 0.2) is 30.7 Å². The summed E-state index contributed by atoms with van der Waals surface area (Å²) < 4.78 is 3.99. The average molecular weight is 398 g/mol. The highest BCUT2D eigenvalue weighted by molar-refractivity contribution is 7.09. The maximum Gasteiger partial charge on any atom is 0.245 e. The van der Waals surface area contributed by atoms with Crippen molar-refractivity contribution in [3.63, 3.8) is 0 Å². The summed E-state index contributed by atoms with van der Waals surface area (Å²) in [4.78, 5) is 10.8. The molecule has 3 aromatic rings. The van der Waals surface area contributed by atoms with Crippen molar-refractivity contribution in [1.82, 2.24) is 29.9 Å². The van der Waals surface area contributed by atoms with Crippen LogP contribution < -0.4 is 10.2 Å². The Labute approximate surface area is 167 Å². The van der Waals surface area contributed by atoms with Crippen molar-refractivity contribution in [3.05, 3.63) is 30.7 Å². The molecule has 0 spiro atoms. The van der Waals surface area contributed by atoms with E-state index < -0.39 is 0 Å². The normalized spacial score (nSPS) is 19.9. The molecule has 2 aromatic heterocycles. The molecule has 28 heavy (non-hydrogen) atoms. The molecule has 1 saturated heterocycles. The Balaban J connectivity index is 1.55. The van der Waals surface area contributed by atoms with Crippen LogP contribution in [0.2, 0.25) is 0 Å². The van der Waals surface area contributed by atoms with E-state index >= 15 is 0 Å². The van der Waals surface area contributed by atoms with Gasteiger partial charge in [0.05, 0.1) is 6.20 Å². The molecular weight excluding hydrogens is 374 g/mol. The molecule has 0 aliphatic carbocycles. The molecule has 4 rings (SSSR count). The van der Waals surface area contributed by atoms with Gasteiger partial charge in [0, 0.05) is 36.3 Å². The minimum absolute atomic E-state index is 0.118. The Morgan fingerprint density at radius 2 is 2.07 bits per heavy atom. The number of phenolic OH excluding ortho intramolecular Hbond substituents is 1. The molecule has 2 atom stereocenters. The van der Waals surface area contributed by atoms with E-state index in [1.807, 2.05) is 6.07 Å². The molecule has 1 aliphatic heterocycles. The minimum atomic E-state index is 0.118. The molecule has 1 aliphatic rings. The summed E-state index contributed by atoms with van der Waals surface area (Å²) in [5.41, 5.74) is 1.94. The van der Waals surface area contributed by atoms with E-state index in [4.69, 9.17) is 0 Å². The number of phenols is 1. The van der Waals surface area contributed by atoms with Crippen LogP contribution in [0.1, 0.15) is 20.8 Å². The number of piperazine rings is 1. The van der Waals surface area contributed by atoms with Crippen molar-refractivity contribution in [2.75, 3.05) is 18.0 Å². The van der Waals surface area contributed by atoms with Gasteiger partial charge in [-0.15, -0.1) is 10.2 Å². The molecular formula is C19H23N7OS. The monoisotopic (exact) mass is 397 g/mol. The molecule has 3 heterocycles. The zero-order chi connectivity index (χ0) is 19.7. The third-order valence-corrected chi connectivity index (χ3v) is 5.64. The van der Waals surface area contributed by atoms with Crippen LogP contribution in [0, 0.1) is 5.92 Å². The van der Waals surface area contributed by atoms with E-state index in [0.717, 1.165) is 23.7 Å². The van der Waals surface area contributed by atoms with Crippen molar-refractivity contribution < 1.29 is 5.11 Å². The molecule has 8 nitrogen and oxygen atoms in total. The second kappa shape index (κ2) is 7.76. The van der Waals surface area contributed by atoms with E-state index in [2.05, 4.69) is 55.5 Å². The lowest BCUT2D eigenvalue weighted by Gasteiger charge is -2.39. The van der Waals surface area contributed by atoms with Crippen molar-refractivity contribution in [1.29, 1.82) is 0 Å². The summed E-state index contributed by atoms with van der Waals surface area (Å²) in [6, 6.07) is 6.11. The lowest BCUT2D eigenvalue weighted by atomic mass is 10.00. The topological polar surface area (TPSA) is 100.0 Å². The van der Waals surface area contributed by atoms with Gasteiger partial charge in [0.2, 0.25) is 5.95 Å². The summed E-state index contributed by atoms with van der Waals surface area (Å²) in [6.45, 7) is 8.28. The van der Waals surface area contributed by atoms with Crippen LogP contribution in [0.4, 0.5) is 5.95 Å². The van der Waals surface area contributed by atoms with Gasteiger partial charge in [0.1, 0.15) is 22.8 Å².